The van der Waals surface area contributed by atoms with Crippen molar-refractivity contribution in [2.75, 3.05) is 26.2 Å². The number of hydrogen-bond donors (Lipinski definition) is 2. The average molecular weight is 562 g/mol. The lowest BCUT2D eigenvalue weighted by Crippen LogP contribution is -2.38. The molecule has 0 aromatic heterocycles. The monoisotopic (exact) mass is 561 g/mol. The number of hydrogen-bond acceptors (Lipinski definition) is 6. The molecule has 1 fully saturated rings. The topological polar surface area (TPSA) is 120 Å². The van der Waals surface area contributed by atoms with Crippen LogP contribution in [0.1, 0.15) is 62.8 Å². The van der Waals surface area contributed by atoms with E-state index in [2.05, 4.69) is 18.7 Å². The highest BCUT2D eigenvalue weighted by Crippen LogP contribution is 2.36. The molecule has 1 aliphatic carbocycles. The molecule has 218 valence electrons. The Morgan fingerprint density at radius 3 is 2.56 bits per heavy atom. The predicted octanol–water partition coefficient (Wildman–Crippen LogP) is 3.44. The number of rotatable bonds is 8. The van der Waals surface area contributed by atoms with Crippen LogP contribution in [0.25, 0.3) is 0 Å². The van der Waals surface area contributed by atoms with E-state index in [9.17, 15) is 9.59 Å². The summed E-state index contributed by atoms with van der Waals surface area (Å²) in [6.45, 7) is 9.29. The number of likely N-dealkylation sites (tertiary alicyclic amines) is 1. The molecule has 3 aliphatic rings. The van der Waals surface area contributed by atoms with Gasteiger partial charge in [-0.05, 0) is 54.2 Å². The van der Waals surface area contributed by atoms with Gasteiger partial charge >= 0.3 is 11.9 Å². The number of ketones is 1. The molecule has 4 N–H and O–H groups in total. The fraction of sp³-hybridized carbons (Fsp3) is 0.469. The van der Waals surface area contributed by atoms with Crippen molar-refractivity contribution in [1.82, 2.24) is 4.90 Å². The van der Waals surface area contributed by atoms with E-state index in [0.717, 1.165) is 55.9 Å². The zero-order chi connectivity index (χ0) is 29.1. The molecule has 0 spiro atoms. The maximum Gasteiger partial charge on any atom is 0.352 e. The number of ether oxygens (including phenoxy) is 3. The quantitative estimate of drug-likeness (QED) is 0.286. The van der Waals surface area contributed by atoms with Crippen LogP contribution in [0.2, 0.25) is 0 Å². The van der Waals surface area contributed by atoms with Crippen molar-refractivity contribution in [2.45, 2.75) is 65.2 Å². The van der Waals surface area contributed by atoms with E-state index in [4.69, 9.17) is 25.7 Å². The summed E-state index contributed by atoms with van der Waals surface area (Å²) in [6, 6.07) is 13.3. The highest BCUT2D eigenvalue weighted by atomic mass is 16.6. The summed E-state index contributed by atoms with van der Waals surface area (Å²) in [6.07, 6.45) is 4.12. The van der Waals surface area contributed by atoms with Crippen molar-refractivity contribution in [3.05, 3.63) is 70.9 Å². The molecule has 0 amide bonds. The van der Waals surface area contributed by atoms with Gasteiger partial charge in [0.1, 0.15) is 17.6 Å². The number of guanidine groups is 1. The molecule has 0 saturated carbocycles. The Bertz CT molecular complexity index is 1360. The van der Waals surface area contributed by atoms with E-state index >= 15 is 0 Å². The van der Waals surface area contributed by atoms with Crippen LogP contribution >= 0.6 is 0 Å². The number of nitrogens with two attached hydrogens (primary N) is 2. The highest BCUT2D eigenvalue weighted by molar-refractivity contribution is 5.91. The Morgan fingerprint density at radius 2 is 1.85 bits per heavy atom. The maximum absolute atomic E-state index is 12.9. The lowest BCUT2D eigenvalue weighted by atomic mass is 9.78. The smallest absolute Gasteiger partial charge is 0.352 e. The van der Waals surface area contributed by atoms with Crippen molar-refractivity contribution in [3.8, 4) is 11.5 Å². The molecule has 2 atom stereocenters. The largest absolute Gasteiger partial charge is 0.489 e. The Labute approximate surface area is 241 Å². The number of esters is 1. The van der Waals surface area contributed by atoms with Crippen LogP contribution in [-0.2, 0) is 27.3 Å². The van der Waals surface area contributed by atoms with Crippen LogP contribution < -0.4 is 20.9 Å². The van der Waals surface area contributed by atoms with E-state index in [1.54, 1.807) is 6.92 Å². The minimum absolute atomic E-state index is 0.00992. The van der Waals surface area contributed by atoms with Crippen LogP contribution in [0.3, 0.4) is 0 Å². The van der Waals surface area contributed by atoms with Crippen molar-refractivity contribution in [1.29, 1.82) is 0 Å². The van der Waals surface area contributed by atoms with Gasteiger partial charge in [-0.15, -0.1) is 0 Å². The van der Waals surface area contributed by atoms with Gasteiger partial charge in [-0.3, -0.25) is 20.8 Å². The molecule has 1 saturated heterocycles. The van der Waals surface area contributed by atoms with Gasteiger partial charge in [0.2, 0.25) is 6.10 Å². The second kappa shape index (κ2) is 11.8. The van der Waals surface area contributed by atoms with Crippen molar-refractivity contribution in [3.63, 3.8) is 0 Å². The minimum Gasteiger partial charge on any atom is -0.489 e. The van der Waals surface area contributed by atoms with Gasteiger partial charge < -0.3 is 19.1 Å². The second-order valence-corrected chi connectivity index (χ2v) is 11.9. The zero-order valence-corrected chi connectivity index (χ0v) is 24.2. The van der Waals surface area contributed by atoms with Crippen LogP contribution in [0.4, 0.5) is 0 Å². The summed E-state index contributed by atoms with van der Waals surface area (Å²) >= 11 is 0. The fourth-order valence-electron chi connectivity index (χ4n) is 5.95. The van der Waals surface area contributed by atoms with Gasteiger partial charge in [-0.2, -0.15) is 0 Å². The van der Waals surface area contributed by atoms with Crippen molar-refractivity contribution < 1.29 is 28.4 Å². The Morgan fingerprint density at radius 1 is 1.10 bits per heavy atom. The third-order valence-corrected chi connectivity index (χ3v) is 7.99. The third-order valence-electron chi connectivity index (χ3n) is 7.99. The van der Waals surface area contributed by atoms with Gasteiger partial charge in [-0.25, -0.2) is 4.79 Å². The molecule has 9 heteroatoms. The van der Waals surface area contributed by atoms with Gasteiger partial charge in [0.15, 0.2) is 5.78 Å². The fourth-order valence-corrected chi connectivity index (χ4v) is 5.95. The predicted molar refractivity (Wildman–Crippen MR) is 156 cm³/mol. The molecular formula is C32H41N4O5+. The van der Waals surface area contributed by atoms with Crippen molar-refractivity contribution in [2.24, 2.45) is 16.9 Å². The van der Waals surface area contributed by atoms with Gasteiger partial charge in [0.05, 0.1) is 26.2 Å². The molecule has 2 aliphatic heterocycles. The van der Waals surface area contributed by atoms with Crippen LogP contribution in [-0.4, -0.2) is 59.5 Å². The standard InChI is InChI=1S/C32H40N4O5/c1-4-39-30(38)29(41-27-10-5-21-11-13-36(31(33)34)19-23(21)15-27)22-6-8-26(9-7-22)40-28-12-14-35(20-28)24-16-25(37)18-32(2,3)17-24/h5-10,15-16,28-29H,4,11-14,17-20H2,1-3H3,(H3,33,34)/p+1/t28-,29?/m0/s1. The summed E-state index contributed by atoms with van der Waals surface area (Å²) in [4.78, 5) is 27.4. The lowest BCUT2D eigenvalue weighted by molar-refractivity contribution is -0.549. The number of benzene rings is 2. The Kier molecular flexibility index (Phi) is 8.24. The Balaban J connectivity index is 1.26. The van der Waals surface area contributed by atoms with Crippen molar-refractivity contribution >= 4 is 17.7 Å². The highest BCUT2D eigenvalue weighted by Gasteiger charge is 2.33. The summed E-state index contributed by atoms with van der Waals surface area (Å²) in [7, 11) is 0. The Hall–Kier alpha value is -4.01. The van der Waals surface area contributed by atoms with Gasteiger partial charge in [0.25, 0.3) is 0 Å². The SMILES string of the molecule is CCOC(=O)C(Oc1ccc2c(c1)C[N+](=C(N)N)CC2)c1ccc(O[C@H]2CCN(C3=CC(=O)CC(C)(C)C3)C2)cc1. The van der Waals surface area contributed by atoms with E-state index in [0.29, 0.717) is 30.2 Å². The van der Waals surface area contributed by atoms with Gasteiger partial charge in [-0.1, -0.05) is 32.0 Å². The average Bonchev–Trinajstić information content (AvgIpc) is 3.39. The molecule has 2 aromatic rings. The summed E-state index contributed by atoms with van der Waals surface area (Å²) in [5, 5.41) is 0. The number of carbonyl (C=O) groups excluding carboxylic acids is 2. The number of fused-ring (bicyclic) bond motifs is 1. The van der Waals surface area contributed by atoms with Gasteiger partial charge in [0, 0.05) is 43.1 Å². The lowest BCUT2D eigenvalue weighted by Gasteiger charge is -2.33. The number of nitrogens with zero attached hydrogens (tertiary/aromatic N) is 2. The van der Waals surface area contributed by atoms with Crippen LogP contribution in [0.15, 0.2) is 54.2 Å². The molecule has 0 radical (unpaired) electrons. The summed E-state index contributed by atoms with van der Waals surface area (Å²) in [5.74, 6) is 1.34. The third kappa shape index (κ3) is 6.84. The van der Waals surface area contributed by atoms with E-state index in [1.165, 1.54) is 5.56 Å². The molecule has 2 aromatic carbocycles. The number of allylic oxidation sites excluding steroid dienone is 2. The first-order chi connectivity index (χ1) is 19.6. The molecule has 1 unspecified atom stereocenters. The van der Waals surface area contributed by atoms with Crippen LogP contribution in [0, 0.1) is 5.41 Å². The summed E-state index contributed by atoms with van der Waals surface area (Å²) < 4.78 is 19.8. The molecule has 41 heavy (non-hydrogen) atoms. The molecule has 5 rings (SSSR count). The normalized spacial score (nSPS) is 20.6. The van der Waals surface area contributed by atoms with Crippen LogP contribution in [0.5, 0.6) is 11.5 Å². The van der Waals surface area contributed by atoms with E-state index in [1.807, 2.05) is 53.1 Å². The maximum atomic E-state index is 12.9. The molecular weight excluding hydrogens is 520 g/mol. The summed E-state index contributed by atoms with van der Waals surface area (Å²) in [5.41, 5.74) is 15.7. The first-order valence-electron chi connectivity index (χ1n) is 14.4. The molecule has 9 nitrogen and oxygen atoms in total. The number of carbonyl (C=O) groups is 2. The minimum atomic E-state index is -0.922. The molecule has 2 heterocycles. The zero-order valence-electron chi connectivity index (χ0n) is 24.2. The van der Waals surface area contributed by atoms with E-state index in [-0.39, 0.29) is 23.9 Å². The first-order valence-corrected chi connectivity index (χ1v) is 14.4. The first kappa shape index (κ1) is 28.5. The molecule has 0 bridgehead atoms. The van der Waals surface area contributed by atoms with E-state index < -0.39 is 12.1 Å². The second-order valence-electron chi connectivity index (χ2n) is 11.9.